The Morgan fingerprint density at radius 3 is 2.94 bits per heavy atom. The third-order valence-corrected chi connectivity index (χ3v) is 3.86. The second-order valence-corrected chi connectivity index (χ2v) is 4.91. The first-order chi connectivity index (χ1) is 7.72. The maximum absolute atomic E-state index is 9.90. The van der Waals surface area contributed by atoms with Crippen molar-refractivity contribution in [2.45, 2.75) is 25.2 Å². The van der Waals surface area contributed by atoms with Crippen LogP contribution < -0.4 is 4.74 Å². The molecule has 1 aliphatic rings. The summed E-state index contributed by atoms with van der Waals surface area (Å²) < 4.78 is 6.36. The van der Waals surface area contributed by atoms with E-state index in [0.717, 1.165) is 30.6 Å². The van der Waals surface area contributed by atoms with Gasteiger partial charge in [0.15, 0.2) is 0 Å². The summed E-state index contributed by atoms with van der Waals surface area (Å²) in [7, 11) is 1.64. The molecule has 0 bridgehead atoms. The van der Waals surface area contributed by atoms with Crippen LogP contribution in [0, 0.1) is 0 Å². The Morgan fingerprint density at radius 1 is 1.44 bits per heavy atom. The molecule has 0 amide bonds. The van der Waals surface area contributed by atoms with Gasteiger partial charge in [0, 0.05) is 11.5 Å². The van der Waals surface area contributed by atoms with E-state index in [1.54, 1.807) is 19.2 Å². The number of ether oxygens (including phenoxy) is 1. The SMILES string of the molecule is COc1ccc(O)c(C2CCCC=C2Br)c1. The van der Waals surface area contributed by atoms with E-state index < -0.39 is 0 Å². The van der Waals surface area contributed by atoms with Crippen molar-refractivity contribution in [3.8, 4) is 11.5 Å². The fraction of sp³-hybridized carbons (Fsp3) is 0.385. The lowest BCUT2D eigenvalue weighted by Gasteiger charge is -2.22. The third kappa shape index (κ3) is 2.24. The molecule has 1 aromatic rings. The van der Waals surface area contributed by atoms with Gasteiger partial charge in [0.2, 0.25) is 0 Å². The number of rotatable bonds is 2. The van der Waals surface area contributed by atoms with Crippen LogP contribution in [-0.2, 0) is 0 Å². The topological polar surface area (TPSA) is 29.5 Å². The number of hydrogen-bond acceptors (Lipinski definition) is 2. The van der Waals surface area contributed by atoms with Crippen molar-refractivity contribution in [3.05, 3.63) is 34.3 Å². The van der Waals surface area contributed by atoms with Gasteiger partial charge in [0.25, 0.3) is 0 Å². The Balaban J connectivity index is 2.38. The third-order valence-electron chi connectivity index (χ3n) is 2.98. The Bertz CT molecular complexity index is 412. The number of hydrogen-bond donors (Lipinski definition) is 1. The van der Waals surface area contributed by atoms with Crippen molar-refractivity contribution in [1.82, 2.24) is 0 Å². The van der Waals surface area contributed by atoms with Gasteiger partial charge in [-0.1, -0.05) is 22.0 Å². The summed E-state index contributed by atoms with van der Waals surface area (Å²) in [5.74, 6) is 1.40. The van der Waals surface area contributed by atoms with Crippen LogP contribution in [0.5, 0.6) is 11.5 Å². The summed E-state index contributed by atoms with van der Waals surface area (Å²) in [6.07, 6.45) is 5.53. The molecule has 1 aromatic carbocycles. The number of phenols is 1. The van der Waals surface area contributed by atoms with Gasteiger partial charge >= 0.3 is 0 Å². The molecule has 3 heteroatoms. The molecule has 0 aliphatic heterocycles. The minimum absolute atomic E-state index is 0.267. The van der Waals surface area contributed by atoms with E-state index in [4.69, 9.17) is 4.74 Å². The van der Waals surface area contributed by atoms with Crippen LogP contribution in [0.2, 0.25) is 0 Å². The molecule has 1 atom stereocenters. The van der Waals surface area contributed by atoms with E-state index in [2.05, 4.69) is 22.0 Å². The lowest BCUT2D eigenvalue weighted by atomic mass is 9.88. The van der Waals surface area contributed by atoms with Crippen molar-refractivity contribution in [2.75, 3.05) is 7.11 Å². The number of halogens is 1. The maximum Gasteiger partial charge on any atom is 0.119 e. The zero-order chi connectivity index (χ0) is 11.5. The highest BCUT2D eigenvalue weighted by Gasteiger charge is 2.21. The van der Waals surface area contributed by atoms with Gasteiger partial charge in [0.05, 0.1) is 7.11 Å². The van der Waals surface area contributed by atoms with Crippen LogP contribution in [0.1, 0.15) is 30.7 Å². The van der Waals surface area contributed by atoms with Crippen LogP contribution in [-0.4, -0.2) is 12.2 Å². The van der Waals surface area contributed by atoms with E-state index >= 15 is 0 Å². The molecule has 0 radical (unpaired) electrons. The largest absolute Gasteiger partial charge is 0.508 e. The molecule has 1 aliphatic carbocycles. The van der Waals surface area contributed by atoms with E-state index in [1.165, 1.54) is 4.48 Å². The Hall–Kier alpha value is -0.960. The zero-order valence-electron chi connectivity index (χ0n) is 9.24. The lowest BCUT2D eigenvalue weighted by Crippen LogP contribution is -2.03. The summed E-state index contributed by atoms with van der Waals surface area (Å²) in [4.78, 5) is 0. The fourth-order valence-electron chi connectivity index (χ4n) is 2.08. The lowest BCUT2D eigenvalue weighted by molar-refractivity contribution is 0.409. The molecule has 2 rings (SSSR count). The Labute approximate surface area is 104 Å². The first kappa shape index (κ1) is 11.5. The molecule has 86 valence electrons. The van der Waals surface area contributed by atoms with Crippen molar-refractivity contribution in [2.24, 2.45) is 0 Å². The summed E-state index contributed by atoms with van der Waals surface area (Å²) in [6, 6.07) is 5.39. The van der Waals surface area contributed by atoms with E-state index in [1.807, 2.05) is 6.07 Å². The predicted octanol–water partition coefficient (Wildman–Crippen LogP) is 3.95. The van der Waals surface area contributed by atoms with Crippen LogP contribution in [0.4, 0.5) is 0 Å². The average Bonchev–Trinajstić information content (AvgIpc) is 2.31. The molecule has 2 nitrogen and oxygen atoms in total. The van der Waals surface area contributed by atoms with Gasteiger partial charge in [-0.15, -0.1) is 0 Å². The van der Waals surface area contributed by atoms with Crippen molar-refractivity contribution in [1.29, 1.82) is 0 Å². The smallest absolute Gasteiger partial charge is 0.119 e. The van der Waals surface area contributed by atoms with Gasteiger partial charge in [-0.3, -0.25) is 0 Å². The van der Waals surface area contributed by atoms with Crippen molar-refractivity contribution in [3.63, 3.8) is 0 Å². The van der Waals surface area contributed by atoms with E-state index in [0.29, 0.717) is 5.75 Å². The van der Waals surface area contributed by atoms with E-state index in [-0.39, 0.29) is 5.92 Å². The normalized spacial score (nSPS) is 20.4. The van der Waals surface area contributed by atoms with Crippen molar-refractivity contribution >= 4 is 15.9 Å². The molecule has 16 heavy (non-hydrogen) atoms. The molecule has 0 heterocycles. The molecule has 0 spiro atoms. The van der Waals surface area contributed by atoms with Crippen molar-refractivity contribution < 1.29 is 9.84 Å². The summed E-state index contributed by atoms with van der Waals surface area (Å²) in [6.45, 7) is 0. The zero-order valence-corrected chi connectivity index (χ0v) is 10.8. The standard InChI is InChI=1S/C13H15BrO2/c1-16-9-6-7-13(15)11(8-9)10-4-2-3-5-12(10)14/h5-8,10,15H,2-4H2,1H3. The van der Waals surface area contributed by atoms with Crippen LogP contribution >= 0.6 is 15.9 Å². The minimum Gasteiger partial charge on any atom is -0.508 e. The van der Waals surface area contributed by atoms with Gasteiger partial charge in [-0.2, -0.15) is 0 Å². The summed E-state index contributed by atoms with van der Waals surface area (Å²) >= 11 is 3.58. The Morgan fingerprint density at radius 2 is 2.25 bits per heavy atom. The first-order valence-corrected chi connectivity index (χ1v) is 6.24. The van der Waals surface area contributed by atoms with Gasteiger partial charge < -0.3 is 9.84 Å². The van der Waals surface area contributed by atoms with Gasteiger partial charge in [0.1, 0.15) is 11.5 Å². The number of methoxy groups -OCH3 is 1. The highest BCUT2D eigenvalue weighted by Crippen LogP contribution is 2.41. The quantitative estimate of drug-likeness (QED) is 0.890. The van der Waals surface area contributed by atoms with Crippen LogP contribution in [0.15, 0.2) is 28.8 Å². The maximum atomic E-state index is 9.90. The molecular formula is C13H15BrO2. The molecule has 0 fully saturated rings. The number of allylic oxidation sites excluding steroid dienone is 2. The molecule has 1 unspecified atom stereocenters. The molecule has 0 saturated heterocycles. The second-order valence-electron chi connectivity index (χ2n) is 4.00. The van der Waals surface area contributed by atoms with Gasteiger partial charge in [-0.25, -0.2) is 0 Å². The molecular weight excluding hydrogens is 268 g/mol. The average molecular weight is 283 g/mol. The number of benzene rings is 1. The summed E-state index contributed by atoms with van der Waals surface area (Å²) in [5, 5.41) is 9.90. The fourth-order valence-corrected chi connectivity index (χ4v) is 2.79. The number of phenolic OH excluding ortho intramolecular Hbond substituents is 1. The second kappa shape index (κ2) is 4.91. The predicted molar refractivity (Wildman–Crippen MR) is 68.3 cm³/mol. The molecule has 1 N–H and O–H groups in total. The van der Waals surface area contributed by atoms with Crippen LogP contribution in [0.3, 0.4) is 0 Å². The first-order valence-electron chi connectivity index (χ1n) is 5.45. The number of aromatic hydroxyl groups is 1. The monoisotopic (exact) mass is 282 g/mol. The highest BCUT2D eigenvalue weighted by molar-refractivity contribution is 9.11. The highest BCUT2D eigenvalue weighted by atomic mass is 79.9. The van der Waals surface area contributed by atoms with Crippen LogP contribution in [0.25, 0.3) is 0 Å². The Kier molecular flexibility index (Phi) is 3.54. The van der Waals surface area contributed by atoms with Gasteiger partial charge in [-0.05, 0) is 41.9 Å². The summed E-state index contributed by atoms with van der Waals surface area (Å²) in [5.41, 5.74) is 0.946. The molecule has 0 aromatic heterocycles. The van der Waals surface area contributed by atoms with E-state index in [9.17, 15) is 5.11 Å². The molecule has 0 saturated carbocycles. The minimum atomic E-state index is 0.267.